The smallest absolute Gasteiger partial charge is 0.326 e. The van der Waals surface area contributed by atoms with Gasteiger partial charge in [0, 0.05) is 0 Å². The highest BCUT2D eigenvalue weighted by molar-refractivity contribution is 6.07. The Balaban J connectivity index is 2.16. The second kappa shape index (κ2) is 7.29. The van der Waals surface area contributed by atoms with Gasteiger partial charge < -0.3 is 10.1 Å². The van der Waals surface area contributed by atoms with E-state index in [1.165, 1.54) is 4.90 Å². The zero-order valence-corrected chi connectivity index (χ0v) is 13.5. The number of amides is 1. The second-order valence-electron chi connectivity index (χ2n) is 6.00. The van der Waals surface area contributed by atoms with Gasteiger partial charge in [0.2, 0.25) is 5.91 Å². The Morgan fingerprint density at radius 3 is 2.77 bits per heavy atom. The maximum atomic E-state index is 12.6. The molecule has 2 rings (SSSR count). The van der Waals surface area contributed by atoms with Gasteiger partial charge in [0.1, 0.15) is 12.6 Å². The predicted molar refractivity (Wildman–Crippen MR) is 86.9 cm³/mol. The highest BCUT2D eigenvalue weighted by Gasteiger charge is 2.33. The van der Waals surface area contributed by atoms with Crippen molar-refractivity contribution in [1.82, 2.24) is 0 Å². The van der Waals surface area contributed by atoms with Gasteiger partial charge in [0.25, 0.3) is 0 Å². The number of nitrogens with zero attached hydrogens (tertiary/aromatic N) is 1. The van der Waals surface area contributed by atoms with Crippen molar-refractivity contribution in [3.05, 3.63) is 24.3 Å². The molecule has 0 aliphatic carbocycles. The minimum absolute atomic E-state index is 0.0372. The van der Waals surface area contributed by atoms with Crippen LogP contribution >= 0.6 is 0 Å². The Labute approximate surface area is 131 Å². The van der Waals surface area contributed by atoms with E-state index in [2.05, 4.69) is 5.32 Å². The number of anilines is 2. The summed E-state index contributed by atoms with van der Waals surface area (Å²) in [7, 11) is 0. The van der Waals surface area contributed by atoms with Gasteiger partial charge in [-0.2, -0.15) is 0 Å². The van der Waals surface area contributed by atoms with Crippen molar-refractivity contribution in [1.29, 1.82) is 0 Å². The van der Waals surface area contributed by atoms with Crippen LogP contribution in [-0.2, 0) is 14.3 Å². The Bertz CT molecular complexity index is 542. The van der Waals surface area contributed by atoms with E-state index >= 15 is 0 Å². The van der Waals surface area contributed by atoms with E-state index in [0.29, 0.717) is 6.61 Å². The van der Waals surface area contributed by atoms with E-state index in [1.807, 2.05) is 45.0 Å². The lowest BCUT2D eigenvalue weighted by Crippen LogP contribution is -2.49. The standard InChI is InChI=1S/C17H24N2O3/c1-4-7-14-17(21)19(10-16(20)22-11-12(2)3)15-9-6-5-8-13(15)18-14/h5-6,8-9,12,14,18H,4,7,10-11H2,1-3H3. The molecule has 0 bridgehead atoms. The van der Waals surface area contributed by atoms with E-state index in [-0.39, 0.29) is 30.4 Å². The Morgan fingerprint density at radius 2 is 2.09 bits per heavy atom. The van der Waals surface area contributed by atoms with Crippen LogP contribution in [0.3, 0.4) is 0 Å². The monoisotopic (exact) mass is 304 g/mol. The van der Waals surface area contributed by atoms with Crippen molar-refractivity contribution in [2.24, 2.45) is 5.92 Å². The van der Waals surface area contributed by atoms with Crippen LogP contribution in [-0.4, -0.2) is 31.1 Å². The lowest BCUT2D eigenvalue weighted by atomic mass is 10.0. The molecule has 1 aromatic carbocycles. The molecule has 0 radical (unpaired) electrons. The number of fused-ring (bicyclic) bond motifs is 1. The average molecular weight is 304 g/mol. The summed E-state index contributed by atoms with van der Waals surface area (Å²) in [5, 5.41) is 3.26. The van der Waals surface area contributed by atoms with Gasteiger partial charge in [-0.05, 0) is 24.5 Å². The maximum absolute atomic E-state index is 12.6. The molecule has 1 N–H and O–H groups in total. The summed E-state index contributed by atoms with van der Waals surface area (Å²) in [5.74, 6) is -0.154. The summed E-state index contributed by atoms with van der Waals surface area (Å²) in [6, 6.07) is 7.27. The molecular formula is C17H24N2O3. The number of rotatable bonds is 6. The van der Waals surface area contributed by atoms with E-state index in [0.717, 1.165) is 24.2 Å². The maximum Gasteiger partial charge on any atom is 0.326 e. The Hall–Kier alpha value is -2.04. The van der Waals surface area contributed by atoms with E-state index in [4.69, 9.17) is 4.74 Å². The van der Waals surface area contributed by atoms with Crippen molar-refractivity contribution in [2.45, 2.75) is 39.7 Å². The third kappa shape index (κ3) is 3.78. The van der Waals surface area contributed by atoms with Crippen LogP contribution in [0.15, 0.2) is 24.3 Å². The molecule has 1 aliphatic rings. The largest absolute Gasteiger partial charge is 0.464 e. The zero-order chi connectivity index (χ0) is 16.1. The molecule has 0 fully saturated rings. The fourth-order valence-electron chi connectivity index (χ4n) is 2.47. The number of ether oxygens (including phenoxy) is 1. The Kier molecular flexibility index (Phi) is 5.41. The number of carbonyl (C=O) groups is 2. The lowest BCUT2D eigenvalue weighted by molar-refractivity contribution is -0.144. The van der Waals surface area contributed by atoms with E-state index in [9.17, 15) is 9.59 Å². The van der Waals surface area contributed by atoms with Crippen LogP contribution < -0.4 is 10.2 Å². The van der Waals surface area contributed by atoms with Crippen LogP contribution in [0.1, 0.15) is 33.6 Å². The first-order chi connectivity index (χ1) is 10.5. The SMILES string of the molecule is CCCC1Nc2ccccc2N(CC(=O)OCC(C)C)C1=O. The zero-order valence-electron chi connectivity index (χ0n) is 13.5. The number of para-hydroxylation sites is 2. The fraction of sp³-hybridized carbons (Fsp3) is 0.529. The molecule has 1 aromatic rings. The van der Waals surface area contributed by atoms with Gasteiger partial charge >= 0.3 is 5.97 Å². The summed E-state index contributed by atoms with van der Waals surface area (Å²) in [4.78, 5) is 26.1. The molecule has 1 aliphatic heterocycles. The van der Waals surface area contributed by atoms with Gasteiger partial charge in [-0.3, -0.25) is 14.5 Å². The van der Waals surface area contributed by atoms with Crippen LogP contribution in [0.5, 0.6) is 0 Å². The first-order valence-corrected chi connectivity index (χ1v) is 7.85. The quantitative estimate of drug-likeness (QED) is 0.821. The second-order valence-corrected chi connectivity index (χ2v) is 6.00. The number of hydrogen-bond acceptors (Lipinski definition) is 4. The molecule has 5 heteroatoms. The average Bonchev–Trinajstić information content (AvgIpc) is 2.49. The van der Waals surface area contributed by atoms with Gasteiger partial charge in [0.05, 0.1) is 18.0 Å². The van der Waals surface area contributed by atoms with Gasteiger partial charge in [0.15, 0.2) is 0 Å². The number of hydrogen-bond donors (Lipinski definition) is 1. The summed E-state index contributed by atoms with van der Waals surface area (Å²) >= 11 is 0. The van der Waals surface area contributed by atoms with Crippen LogP contribution in [0.2, 0.25) is 0 Å². The molecule has 1 heterocycles. The van der Waals surface area contributed by atoms with E-state index in [1.54, 1.807) is 0 Å². The van der Waals surface area contributed by atoms with Gasteiger partial charge in [-0.1, -0.05) is 39.3 Å². The van der Waals surface area contributed by atoms with Crippen LogP contribution in [0.25, 0.3) is 0 Å². The van der Waals surface area contributed by atoms with Gasteiger partial charge in [-0.25, -0.2) is 0 Å². The molecule has 0 saturated carbocycles. The molecule has 5 nitrogen and oxygen atoms in total. The minimum atomic E-state index is -0.367. The Morgan fingerprint density at radius 1 is 1.36 bits per heavy atom. The molecule has 22 heavy (non-hydrogen) atoms. The van der Waals surface area contributed by atoms with Crippen LogP contribution in [0, 0.1) is 5.92 Å². The summed E-state index contributed by atoms with van der Waals surface area (Å²) in [5.41, 5.74) is 1.62. The molecule has 1 unspecified atom stereocenters. The predicted octanol–water partition coefficient (Wildman–Crippen LogP) is 2.81. The summed E-state index contributed by atoms with van der Waals surface area (Å²) in [6.45, 7) is 6.34. The van der Waals surface area contributed by atoms with Crippen molar-refractivity contribution >= 4 is 23.3 Å². The number of carbonyl (C=O) groups excluding carboxylic acids is 2. The third-order valence-electron chi connectivity index (χ3n) is 3.53. The van der Waals surface area contributed by atoms with Crippen molar-refractivity contribution < 1.29 is 14.3 Å². The molecule has 0 spiro atoms. The molecule has 1 atom stereocenters. The summed E-state index contributed by atoms with van der Waals surface area (Å²) < 4.78 is 5.21. The molecule has 120 valence electrons. The first-order valence-electron chi connectivity index (χ1n) is 7.85. The molecular weight excluding hydrogens is 280 g/mol. The van der Waals surface area contributed by atoms with Crippen molar-refractivity contribution in [2.75, 3.05) is 23.4 Å². The van der Waals surface area contributed by atoms with Crippen molar-refractivity contribution in [3.63, 3.8) is 0 Å². The summed E-state index contributed by atoms with van der Waals surface area (Å²) in [6.07, 6.45) is 1.64. The lowest BCUT2D eigenvalue weighted by Gasteiger charge is -2.34. The number of nitrogens with one attached hydrogen (secondary N) is 1. The number of benzene rings is 1. The normalized spacial score (nSPS) is 17.2. The molecule has 1 amide bonds. The topological polar surface area (TPSA) is 58.6 Å². The number of esters is 1. The minimum Gasteiger partial charge on any atom is -0.464 e. The van der Waals surface area contributed by atoms with Crippen LogP contribution in [0.4, 0.5) is 11.4 Å². The highest BCUT2D eigenvalue weighted by Crippen LogP contribution is 2.32. The molecule has 0 aromatic heterocycles. The fourth-order valence-corrected chi connectivity index (χ4v) is 2.47. The third-order valence-corrected chi connectivity index (χ3v) is 3.53. The van der Waals surface area contributed by atoms with Gasteiger partial charge in [-0.15, -0.1) is 0 Å². The van der Waals surface area contributed by atoms with E-state index < -0.39 is 0 Å². The molecule has 0 saturated heterocycles. The highest BCUT2D eigenvalue weighted by atomic mass is 16.5. The first kappa shape index (κ1) is 16.3. The van der Waals surface area contributed by atoms with Crippen molar-refractivity contribution in [3.8, 4) is 0 Å².